The van der Waals surface area contributed by atoms with Crippen LogP contribution in [0.15, 0.2) is 35.3 Å². The fourth-order valence-corrected chi connectivity index (χ4v) is 1.47. The summed E-state index contributed by atoms with van der Waals surface area (Å²) >= 11 is 0. The minimum Gasteiger partial charge on any atom is -0.305 e. The van der Waals surface area contributed by atoms with Crippen molar-refractivity contribution >= 4 is 0 Å². The molecule has 0 atom stereocenters. The second-order valence-corrected chi connectivity index (χ2v) is 3.43. The molecule has 18 heavy (non-hydrogen) atoms. The van der Waals surface area contributed by atoms with Crippen LogP contribution in [0.1, 0.15) is 0 Å². The number of hydrogen-bond acceptors (Lipinski definition) is 6. The molecule has 0 aromatic carbocycles. The molecule has 0 radical (unpaired) electrons. The van der Waals surface area contributed by atoms with E-state index in [0.717, 1.165) is 0 Å². The van der Waals surface area contributed by atoms with Gasteiger partial charge in [0, 0.05) is 12.3 Å². The van der Waals surface area contributed by atoms with Gasteiger partial charge >= 0.3 is 0 Å². The Labute approximate surface area is 100 Å². The van der Waals surface area contributed by atoms with E-state index in [4.69, 9.17) is 0 Å². The lowest BCUT2D eigenvalue weighted by Crippen LogP contribution is -2.09. The van der Waals surface area contributed by atoms with Crippen molar-refractivity contribution in [1.82, 2.24) is 35.6 Å². The van der Waals surface area contributed by atoms with Gasteiger partial charge in [-0.2, -0.15) is 5.21 Å². The van der Waals surface area contributed by atoms with Crippen molar-refractivity contribution in [2.45, 2.75) is 0 Å². The van der Waals surface area contributed by atoms with Crippen LogP contribution in [0.5, 0.6) is 0 Å². The van der Waals surface area contributed by atoms with Crippen molar-refractivity contribution in [3.05, 3.63) is 40.8 Å². The molecule has 0 spiro atoms. The zero-order valence-corrected chi connectivity index (χ0v) is 9.03. The van der Waals surface area contributed by atoms with Gasteiger partial charge in [-0.05, 0) is 17.3 Å². The first-order valence-corrected chi connectivity index (χ1v) is 5.09. The molecule has 8 nitrogen and oxygen atoms in total. The van der Waals surface area contributed by atoms with E-state index in [0.29, 0.717) is 17.2 Å². The number of nitrogens with one attached hydrogen (secondary N) is 2. The molecule has 0 saturated heterocycles. The highest BCUT2D eigenvalue weighted by Gasteiger charge is 2.09. The molecule has 0 aliphatic rings. The summed E-state index contributed by atoms with van der Waals surface area (Å²) in [4.78, 5) is 22.5. The molecular weight excluding hydrogens is 234 g/mol. The standard InChI is InChI=1S/C10H7N7O/c18-8-5-7(10-14-16-17-15-10)12-9(13-8)6-3-1-2-4-11-6/h1-5H,(H,12,13,18)(H,14,15,16,17). The van der Waals surface area contributed by atoms with Crippen LogP contribution in [0.25, 0.3) is 23.0 Å². The molecule has 88 valence electrons. The van der Waals surface area contributed by atoms with Crippen LogP contribution in [0.4, 0.5) is 0 Å². The monoisotopic (exact) mass is 241 g/mol. The molecule has 3 rings (SSSR count). The fraction of sp³-hybridized carbons (Fsp3) is 0. The second kappa shape index (κ2) is 4.17. The van der Waals surface area contributed by atoms with Gasteiger partial charge in [0.2, 0.25) is 5.82 Å². The fourth-order valence-electron chi connectivity index (χ4n) is 1.47. The maximum atomic E-state index is 11.6. The summed E-state index contributed by atoms with van der Waals surface area (Å²) in [5.74, 6) is 0.626. The number of aromatic nitrogens is 7. The third-order valence-corrected chi connectivity index (χ3v) is 2.22. The Hall–Kier alpha value is -2.90. The Kier molecular flexibility index (Phi) is 2.38. The molecule has 0 unspecified atom stereocenters. The van der Waals surface area contributed by atoms with Gasteiger partial charge in [-0.25, -0.2) is 4.98 Å². The summed E-state index contributed by atoms with van der Waals surface area (Å²) in [6.07, 6.45) is 1.62. The minimum absolute atomic E-state index is 0.262. The lowest BCUT2D eigenvalue weighted by Gasteiger charge is -2.00. The van der Waals surface area contributed by atoms with E-state index < -0.39 is 0 Å². The topological polar surface area (TPSA) is 113 Å². The third kappa shape index (κ3) is 1.86. The second-order valence-electron chi connectivity index (χ2n) is 3.43. The van der Waals surface area contributed by atoms with E-state index in [1.807, 2.05) is 6.07 Å². The summed E-state index contributed by atoms with van der Waals surface area (Å²) in [6, 6.07) is 6.64. The van der Waals surface area contributed by atoms with Gasteiger partial charge < -0.3 is 4.98 Å². The summed E-state index contributed by atoms with van der Waals surface area (Å²) < 4.78 is 0. The van der Waals surface area contributed by atoms with Gasteiger partial charge in [-0.1, -0.05) is 6.07 Å². The normalized spacial score (nSPS) is 10.4. The quantitative estimate of drug-likeness (QED) is 0.653. The lowest BCUT2D eigenvalue weighted by molar-refractivity contribution is 0.881. The smallest absolute Gasteiger partial charge is 0.251 e. The first kappa shape index (κ1) is 10.3. The number of rotatable bonds is 2. The Balaban J connectivity index is 2.15. The molecule has 0 aliphatic carbocycles. The van der Waals surface area contributed by atoms with Crippen LogP contribution in [0.2, 0.25) is 0 Å². The average Bonchev–Trinajstić information content (AvgIpc) is 2.93. The number of hydrogen-bond donors (Lipinski definition) is 2. The number of tetrazole rings is 1. The first-order chi connectivity index (χ1) is 8.83. The van der Waals surface area contributed by atoms with Crippen molar-refractivity contribution in [3.63, 3.8) is 0 Å². The zero-order valence-electron chi connectivity index (χ0n) is 9.03. The van der Waals surface area contributed by atoms with Crippen LogP contribution in [0.3, 0.4) is 0 Å². The van der Waals surface area contributed by atoms with E-state index >= 15 is 0 Å². The summed E-state index contributed by atoms with van der Waals surface area (Å²) in [7, 11) is 0. The van der Waals surface area contributed by atoms with Crippen molar-refractivity contribution in [1.29, 1.82) is 0 Å². The van der Waals surface area contributed by atoms with E-state index in [1.54, 1.807) is 18.3 Å². The van der Waals surface area contributed by atoms with Crippen LogP contribution < -0.4 is 5.56 Å². The highest BCUT2D eigenvalue weighted by atomic mass is 16.1. The van der Waals surface area contributed by atoms with E-state index in [9.17, 15) is 4.79 Å². The highest BCUT2D eigenvalue weighted by Crippen LogP contribution is 2.13. The number of aromatic amines is 2. The van der Waals surface area contributed by atoms with Crippen molar-refractivity contribution in [2.75, 3.05) is 0 Å². The summed E-state index contributed by atoms with van der Waals surface area (Å²) in [5.41, 5.74) is 0.610. The largest absolute Gasteiger partial charge is 0.305 e. The molecule has 2 N–H and O–H groups in total. The molecule has 0 bridgehead atoms. The molecule has 0 saturated carbocycles. The number of nitrogens with zero attached hydrogens (tertiary/aromatic N) is 5. The van der Waals surface area contributed by atoms with Crippen LogP contribution in [0, 0.1) is 0 Å². The highest BCUT2D eigenvalue weighted by molar-refractivity contribution is 5.54. The molecule has 3 aromatic rings. The van der Waals surface area contributed by atoms with Gasteiger partial charge in [-0.3, -0.25) is 9.78 Å². The van der Waals surface area contributed by atoms with Crippen LogP contribution in [-0.2, 0) is 0 Å². The predicted molar refractivity (Wildman–Crippen MR) is 61.3 cm³/mol. The Morgan fingerprint density at radius 1 is 1.17 bits per heavy atom. The Morgan fingerprint density at radius 2 is 2.11 bits per heavy atom. The lowest BCUT2D eigenvalue weighted by atomic mass is 10.3. The first-order valence-electron chi connectivity index (χ1n) is 5.09. The molecule has 0 amide bonds. The van der Waals surface area contributed by atoms with Gasteiger partial charge in [0.05, 0.1) is 0 Å². The molecule has 3 heterocycles. The number of pyridine rings is 1. The molecule has 0 fully saturated rings. The van der Waals surface area contributed by atoms with Crippen LogP contribution >= 0.6 is 0 Å². The molecular formula is C10H7N7O. The minimum atomic E-state index is -0.301. The van der Waals surface area contributed by atoms with Crippen LogP contribution in [-0.4, -0.2) is 35.6 Å². The Morgan fingerprint density at radius 3 is 2.83 bits per heavy atom. The zero-order chi connectivity index (χ0) is 12.4. The van der Waals surface area contributed by atoms with Gasteiger partial charge in [0.1, 0.15) is 11.4 Å². The molecule has 0 aliphatic heterocycles. The summed E-state index contributed by atoms with van der Waals surface area (Å²) in [6.45, 7) is 0. The van der Waals surface area contributed by atoms with Crippen molar-refractivity contribution < 1.29 is 0 Å². The SMILES string of the molecule is O=c1cc(-c2nn[nH]n2)nc(-c2ccccn2)[nH]1. The summed E-state index contributed by atoms with van der Waals surface area (Å²) in [5, 5.41) is 13.3. The van der Waals surface area contributed by atoms with Crippen molar-refractivity contribution in [3.8, 4) is 23.0 Å². The predicted octanol–water partition coefficient (Wildman–Crippen LogP) is 0.0120. The van der Waals surface area contributed by atoms with Gasteiger partial charge in [-0.15, -0.1) is 10.2 Å². The molecule has 8 heteroatoms. The van der Waals surface area contributed by atoms with E-state index in [2.05, 4.69) is 35.6 Å². The maximum Gasteiger partial charge on any atom is 0.251 e. The third-order valence-electron chi connectivity index (χ3n) is 2.22. The van der Waals surface area contributed by atoms with E-state index in [1.165, 1.54) is 6.07 Å². The molecule has 3 aromatic heterocycles. The van der Waals surface area contributed by atoms with Crippen molar-refractivity contribution in [2.24, 2.45) is 0 Å². The average molecular weight is 241 g/mol. The number of H-pyrrole nitrogens is 2. The Bertz CT molecular complexity index is 705. The van der Waals surface area contributed by atoms with Gasteiger partial charge in [0.25, 0.3) is 5.56 Å². The van der Waals surface area contributed by atoms with E-state index in [-0.39, 0.29) is 11.4 Å². The van der Waals surface area contributed by atoms with Gasteiger partial charge in [0.15, 0.2) is 5.82 Å². The maximum absolute atomic E-state index is 11.6.